The Hall–Kier alpha value is -2.90. The molecule has 1 aliphatic rings. The number of carbonyl (C=O) groups excluding carboxylic acids is 2. The number of amides is 2. The molecule has 0 aliphatic heterocycles. The Balaban J connectivity index is 1.72. The van der Waals surface area contributed by atoms with E-state index < -0.39 is 17.8 Å². The molecule has 1 fully saturated rings. The Morgan fingerprint density at radius 2 is 1.85 bits per heavy atom. The maximum atomic E-state index is 12.5. The van der Waals surface area contributed by atoms with Crippen molar-refractivity contribution in [2.45, 2.75) is 25.9 Å². The first kappa shape index (κ1) is 17.9. The highest BCUT2D eigenvalue weighted by atomic mass is 19.4. The van der Waals surface area contributed by atoms with E-state index in [4.69, 9.17) is 0 Å². The third-order valence-corrected chi connectivity index (χ3v) is 4.02. The number of pyridine rings is 1. The zero-order valence-electron chi connectivity index (χ0n) is 13.9. The summed E-state index contributed by atoms with van der Waals surface area (Å²) in [7, 11) is 0. The van der Waals surface area contributed by atoms with Crippen molar-refractivity contribution in [1.82, 2.24) is 4.98 Å². The predicted molar refractivity (Wildman–Crippen MR) is 89.7 cm³/mol. The topological polar surface area (TPSA) is 71.1 Å². The van der Waals surface area contributed by atoms with Gasteiger partial charge in [0, 0.05) is 23.5 Å². The van der Waals surface area contributed by atoms with Crippen LogP contribution in [0.2, 0.25) is 0 Å². The van der Waals surface area contributed by atoms with E-state index in [-0.39, 0.29) is 17.4 Å². The van der Waals surface area contributed by atoms with Gasteiger partial charge in [-0.2, -0.15) is 13.2 Å². The second kappa shape index (κ2) is 6.78. The number of nitrogens with zero attached hydrogens (tertiary/aromatic N) is 1. The van der Waals surface area contributed by atoms with Crippen LogP contribution in [0.25, 0.3) is 0 Å². The summed E-state index contributed by atoms with van der Waals surface area (Å²) in [6.07, 6.45) is -1.92. The highest BCUT2D eigenvalue weighted by Gasteiger charge is 2.32. The van der Waals surface area contributed by atoms with Gasteiger partial charge in [-0.1, -0.05) is 6.07 Å². The maximum absolute atomic E-state index is 12.5. The van der Waals surface area contributed by atoms with Gasteiger partial charge in [0.05, 0.1) is 5.56 Å². The Bertz CT molecular complexity index is 844. The van der Waals surface area contributed by atoms with Gasteiger partial charge < -0.3 is 10.6 Å². The largest absolute Gasteiger partial charge is 0.433 e. The molecule has 0 radical (unpaired) electrons. The van der Waals surface area contributed by atoms with Crippen molar-refractivity contribution in [3.8, 4) is 0 Å². The fourth-order valence-corrected chi connectivity index (χ4v) is 2.31. The molecule has 1 aromatic heterocycles. The van der Waals surface area contributed by atoms with E-state index >= 15 is 0 Å². The number of anilines is 2. The number of hydrogen-bond acceptors (Lipinski definition) is 3. The van der Waals surface area contributed by atoms with Crippen molar-refractivity contribution >= 4 is 23.2 Å². The number of hydrogen-bond donors (Lipinski definition) is 2. The van der Waals surface area contributed by atoms with Crippen LogP contribution < -0.4 is 10.6 Å². The second-order valence-electron chi connectivity index (χ2n) is 6.18. The maximum Gasteiger partial charge on any atom is 0.433 e. The fraction of sp³-hybridized carbons (Fsp3) is 0.278. The number of benzene rings is 1. The minimum absolute atomic E-state index is 0.00446. The van der Waals surface area contributed by atoms with Gasteiger partial charge in [-0.05, 0) is 49.6 Å². The van der Waals surface area contributed by atoms with E-state index in [9.17, 15) is 22.8 Å². The molecule has 2 N–H and O–H groups in total. The highest BCUT2D eigenvalue weighted by molar-refractivity contribution is 6.05. The Kier molecular flexibility index (Phi) is 4.67. The molecule has 0 bridgehead atoms. The number of alkyl halides is 3. The molecule has 1 aromatic carbocycles. The number of aryl methyl sites for hydroxylation is 1. The van der Waals surface area contributed by atoms with E-state index in [1.54, 1.807) is 25.1 Å². The fourth-order valence-electron chi connectivity index (χ4n) is 2.31. The average molecular weight is 363 g/mol. The van der Waals surface area contributed by atoms with Crippen LogP contribution in [0.5, 0.6) is 0 Å². The van der Waals surface area contributed by atoms with Crippen LogP contribution in [0.15, 0.2) is 36.5 Å². The molecule has 26 heavy (non-hydrogen) atoms. The molecule has 1 saturated carbocycles. The molecule has 3 rings (SSSR count). The highest BCUT2D eigenvalue weighted by Crippen LogP contribution is 2.31. The summed E-state index contributed by atoms with van der Waals surface area (Å²) in [5.74, 6) is -0.592. The summed E-state index contributed by atoms with van der Waals surface area (Å²) < 4.78 is 37.6. The first-order chi connectivity index (χ1) is 12.2. The lowest BCUT2D eigenvalue weighted by Gasteiger charge is -2.12. The van der Waals surface area contributed by atoms with Gasteiger partial charge in [-0.3, -0.25) is 14.6 Å². The zero-order valence-corrected chi connectivity index (χ0v) is 13.9. The van der Waals surface area contributed by atoms with Crippen molar-refractivity contribution < 1.29 is 22.8 Å². The number of carbonyl (C=O) groups is 2. The van der Waals surface area contributed by atoms with Crippen LogP contribution in [0, 0.1) is 12.8 Å². The van der Waals surface area contributed by atoms with Crippen molar-refractivity contribution in [2.75, 3.05) is 10.6 Å². The van der Waals surface area contributed by atoms with Crippen LogP contribution in [0.1, 0.15) is 34.5 Å². The summed E-state index contributed by atoms with van der Waals surface area (Å²) in [5.41, 5.74) is 0.708. The van der Waals surface area contributed by atoms with Crippen LogP contribution >= 0.6 is 0 Å². The van der Waals surface area contributed by atoms with Crippen molar-refractivity contribution in [3.63, 3.8) is 0 Å². The summed E-state index contributed by atoms with van der Waals surface area (Å²) in [5, 5.41) is 5.41. The summed E-state index contributed by atoms with van der Waals surface area (Å²) >= 11 is 0. The second-order valence-corrected chi connectivity index (χ2v) is 6.18. The summed E-state index contributed by atoms with van der Waals surface area (Å²) in [6.45, 7) is 1.77. The van der Waals surface area contributed by atoms with Gasteiger partial charge in [0.15, 0.2) is 0 Å². The Morgan fingerprint density at radius 1 is 1.12 bits per heavy atom. The number of aromatic nitrogens is 1. The number of nitrogens with one attached hydrogen (secondary N) is 2. The summed E-state index contributed by atoms with van der Waals surface area (Å²) in [4.78, 5) is 27.4. The van der Waals surface area contributed by atoms with Crippen LogP contribution in [-0.4, -0.2) is 16.8 Å². The summed E-state index contributed by atoms with van der Waals surface area (Å²) in [6, 6.07) is 6.91. The van der Waals surface area contributed by atoms with Gasteiger partial charge in [-0.15, -0.1) is 0 Å². The third-order valence-electron chi connectivity index (χ3n) is 4.02. The minimum atomic E-state index is -4.56. The molecule has 2 amide bonds. The SMILES string of the molecule is Cc1ccc(NC(=O)C2CC2)cc1NC(=O)c1ccc(C(F)(F)F)nc1. The zero-order chi connectivity index (χ0) is 18.9. The molecule has 2 aromatic rings. The Morgan fingerprint density at radius 3 is 2.42 bits per heavy atom. The van der Waals surface area contributed by atoms with Gasteiger partial charge in [0.25, 0.3) is 5.91 Å². The lowest BCUT2D eigenvalue weighted by molar-refractivity contribution is -0.141. The molecule has 1 heterocycles. The smallest absolute Gasteiger partial charge is 0.326 e. The standard InChI is InChI=1S/C18H16F3N3O2/c1-10-2-6-13(23-16(25)11-3-4-11)8-14(10)24-17(26)12-5-7-15(22-9-12)18(19,20)21/h2,5-9,11H,3-4H2,1H3,(H,23,25)(H,24,26). The van der Waals surface area contributed by atoms with E-state index in [0.717, 1.165) is 36.7 Å². The molecule has 0 unspecified atom stereocenters. The van der Waals surface area contributed by atoms with Crippen LogP contribution in [0.3, 0.4) is 0 Å². The normalized spacial score (nSPS) is 14.0. The third kappa shape index (κ3) is 4.19. The average Bonchev–Trinajstić information content (AvgIpc) is 3.42. The molecule has 1 aliphatic carbocycles. The van der Waals surface area contributed by atoms with E-state index in [0.29, 0.717) is 11.4 Å². The lowest BCUT2D eigenvalue weighted by atomic mass is 10.1. The van der Waals surface area contributed by atoms with Crippen molar-refractivity contribution in [1.29, 1.82) is 0 Å². The van der Waals surface area contributed by atoms with Gasteiger partial charge in [-0.25, -0.2) is 0 Å². The van der Waals surface area contributed by atoms with Gasteiger partial charge in [0.1, 0.15) is 5.69 Å². The van der Waals surface area contributed by atoms with E-state index in [2.05, 4.69) is 15.6 Å². The van der Waals surface area contributed by atoms with Gasteiger partial charge in [0.2, 0.25) is 5.91 Å². The molecule has 8 heteroatoms. The van der Waals surface area contributed by atoms with E-state index in [1.807, 2.05) is 0 Å². The molecule has 0 spiro atoms. The molecule has 5 nitrogen and oxygen atoms in total. The molecular formula is C18H16F3N3O2. The first-order valence-corrected chi connectivity index (χ1v) is 8.00. The molecule has 136 valence electrons. The van der Waals surface area contributed by atoms with Crippen LogP contribution in [-0.2, 0) is 11.0 Å². The molecule has 0 saturated heterocycles. The van der Waals surface area contributed by atoms with E-state index in [1.165, 1.54) is 0 Å². The number of rotatable bonds is 4. The quantitative estimate of drug-likeness (QED) is 0.862. The van der Waals surface area contributed by atoms with Crippen molar-refractivity contribution in [2.24, 2.45) is 5.92 Å². The number of halogens is 3. The van der Waals surface area contributed by atoms with Gasteiger partial charge >= 0.3 is 6.18 Å². The molecule has 0 atom stereocenters. The van der Waals surface area contributed by atoms with Crippen LogP contribution in [0.4, 0.5) is 24.5 Å². The minimum Gasteiger partial charge on any atom is -0.326 e. The predicted octanol–water partition coefficient (Wildman–Crippen LogP) is 4.01. The monoisotopic (exact) mass is 363 g/mol. The Labute approximate surface area is 147 Å². The van der Waals surface area contributed by atoms with Crippen molar-refractivity contribution in [3.05, 3.63) is 53.3 Å². The molecular weight excluding hydrogens is 347 g/mol. The first-order valence-electron chi connectivity index (χ1n) is 8.00. The lowest BCUT2D eigenvalue weighted by Crippen LogP contribution is -2.16.